The molecule has 0 amide bonds. The zero-order valence-corrected chi connectivity index (χ0v) is 9.35. The van der Waals surface area contributed by atoms with Crippen molar-refractivity contribution in [1.29, 1.82) is 0 Å². The summed E-state index contributed by atoms with van der Waals surface area (Å²) in [5.74, 6) is 0. The van der Waals surface area contributed by atoms with E-state index in [0.29, 0.717) is 0 Å². The van der Waals surface area contributed by atoms with Crippen molar-refractivity contribution in [3.05, 3.63) is 30.3 Å². The Kier molecular flexibility index (Phi) is 7.03. The Labute approximate surface area is 102 Å². The summed E-state index contributed by atoms with van der Waals surface area (Å²) in [6, 6.07) is 6.10. The van der Waals surface area contributed by atoms with E-state index in [1.165, 1.54) is 12.1 Å². The Balaban J connectivity index is 0. The molecule has 0 aliphatic heterocycles. The minimum absolute atomic E-state index is 0. The van der Waals surface area contributed by atoms with Crippen LogP contribution in [-0.2, 0) is 0 Å². The van der Waals surface area contributed by atoms with Gasteiger partial charge in [-0.3, -0.25) is 0 Å². The van der Waals surface area contributed by atoms with Gasteiger partial charge in [0.25, 0.3) is 0 Å². The maximum Gasteiger partial charge on any atom is 2.00 e. The molecule has 0 spiro atoms. The Bertz CT molecular complexity index is 282. The van der Waals surface area contributed by atoms with Crippen LogP contribution in [0.2, 0.25) is 0 Å². The van der Waals surface area contributed by atoms with Gasteiger partial charge in [0, 0.05) is 1.37 Å². The van der Waals surface area contributed by atoms with Crippen LogP contribution in [0.1, 0.15) is 1.37 Å². The predicted octanol–water partition coefficient (Wildman–Crippen LogP) is -0.278. The molecule has 0 radical (unpaired) electrons. The van der Waals surface area contributed by atoms with Crippen LogP contribution in [0.5, 0.6) is 0 Å². The van der Waals surface area contributed by atoms with Crippen molar-refractivity contribution in [2.24, 2.45) is 0 Å². The van der Waals surface area contributed by atoms with Crippen molar-refractivity contribution in [2.45, 2.75) is 10.4 Å². The smallest absolute Gasteiger partial charge is 1.00 e. The van der Waals surface area contributed by atoms with E-state index in [0.717, 1.165) is 6.07 Å². The number of alkyl halides is 3. The fourth-order valence-electron chi connectivity index (χ4n) is 0.530. The number of rotatable bonds is 1. The Morgan fingerprint density at radius 1 is 1.38 bits per heavy atom. The molecule has 0 atom stereocenters. The first-order valence-corrected chi connectivity index (χ1v) is 3.53. The number of benzene rings is 1. The third-order valence-corrected chi connectivity index (χ3v) is 1.58. The maximum atomic E-state index is 11.8. The Morgan fingerprint density at radius 3 is 2.46 bits per heavy atom. The van der Waals surface area contributed by atoms with E-state index in [1.807, 2.05) is 0 Å². The van der Waals surface area contributed by atoms with Crippen LogP contribution < -0.4 is 12.4 Å². The van der Waals surface area contributed by atoms with Gasteiger partial charge in [0.1, 0.15) is 0 Å². The second-order valence-electron chi connectivity index (χ2n) is 1.72. The molecule has 0 nitrogen and oxygen atoms in total. The van der Waals surface area contributed by atoms with Gasteiger partial charge in [-0.2, -0.15) is 43.5 Å². The summed E-state index contributed by atoms with van der Waals surface area (Å²) in [6.45, 7) is 0. The van der Waals surface area contributed by atoms with Crippen molar-refractivity contribution in [3.8, 4) is 0 Å². The minimum atomic E-state index is -4.28. The van der Waals surface area contributed by atoms with Crippen LogP contribution in [-0.4, -0.2) is 28.6 Å². The van der Waals surface area contributed by atoms with E-state index in [4.69, 9.17) is 1.37 Å². The summed E-state index contributed by atoms with van der Waals surface area (Å²) in [7, 11) is 0. The summed E-state index contributed by atoms with van der Waals surface area (Å²) >= 11 is -0.225. The molecule has 0 heterocycles. The molecule has 0 aliphatic rings. The van der Waals surface area contributed by atoms with E-state index in [2.05, 4.69) is 6.07 Å². The van der Waals surface area contributed by atoms with Crippen molar-refractivity contribution < 1.29 is 26.9 Å². The summed E-state index contributed by atoms with van der Waals surface area (Å²) in [5, 5.41) is 0. The van der Waals surface area contributed by atoms with E-state index < -0.39 is 5.51 Å². The van der Waals surface area contributed by atoms with Gasteiger partial charge in [-0.15, -0.1) is 0 Å². The molecule has 0 saturated carbocycles. The third-order valence-electron chi connectivity index (χ3n) is 0.862. The van der Waals surface area contributed by atoms with Crippen LogP contribution in [0.4, 0.5) is 13.2 Å². The summed E-state index contributed by atoms with van der Waals surface area (Å²) in [6.07, 6.45) is 0. The molecular weight excluding hydrogens is 233 g/mol. The molecular formula is C7H4ClF3MgS. The van der Waals surface area contributed by atoms with Gasteiger partial charge >= 0.3 is 28.6 Å². The number of hydrogen-bond acceptors (Lipinski definition) is 1. The number of halogens is 4. The normalized spacial score (nSPS) is 10.8. The molecule has 1 aromatic carbocycles. The topological polar surface area (TPSA) is 0 Å². The average molecular weight is 238 g/mol. The van der Waals surface area contributed by atoms with Crippen molar-refractivity contribution in [2.75, 3.05) is 0 Å². The van der Waals surface area contributed by atoms with Crippen LogP contribution in [0.3, 0.4) is 0 Å². The average Bonchev–Trinajstić information content (AvgIpc) is 1.82. The predicted molar refractivity (Wildman–Crippen MR) is 42.9 cm³/mol. The maximum absolute atomic E-state index is 11.8. The molecule has 0 aromatic heterocycles. The first-order valence-electron chi connectivity index (χ1n) is 3.21. The molecule has 0 fully saturated rings. The van der Waals surface area contributed by atoms with Gasteiger partial charge < -0.3 is 12.4 Å². The van der Waals surface area contributed by atoms with E-state index >= 15 is 0 Å². The Hall–Kier alpha value is 0.416. The van der Waals surface area contributed by atoms with Crippen molar-refractivity contribution in [1.82, 2.24) is 0 Å². The molecule has 13 heavy (non-hydrogen) atoms. The second-order valence-corrected chi connectivity index (χ2v) is 2.85. The fraction of sp³-hybridized carbons (Fsp3) is 0.143. The first kappa shape index (κ1) is 13.4. The standard InChI is InChI=1S/C7H4F3S.ClH.Mg/c8-7(9,10)11-6-4-2-1-3-5-6;;/h2-5H;1H;/q-1;;+2/p-1/i2D;;. The first-order chi connectivity index (χ1) is 5.47. The van der Waals surface area contributed by atoms with Gasteiger partial charge in [0.2, 0.25) is 0 Å². The van der Waals surface area contributed by atoms with Crippen LogP contribution in [0.15, 0.2) is 29.1 Å². The molecule has 68 valence electrons. The SMILES string of the molecule is [2H]c1[c-]ccc(SC(F)(F)F)c1.[Cl-].[Mg+2]. The zero-order valence-electron chi connectivity index (χ0n) is 7.36. The van der Waals surface area contributed by atoms with Gasteiger partial charge in [0.05, 0.1) is 0 Å². The van der Waals surface area contributed by atoms with Crippen LogP contribution >= 0.6 is 11.8 Å². The molecule has 0 saturated heterocycles. The summed E-state index contributed by atoms with van der Waals surface area (Å²) in [5.41, 5.74) is -4.28. The molecule has 1 rings (SSSR count). The quantitative estimate of drug-likeness (QED) is 0.368. The molecule has 6 heteroatoms. The molecule has 0 unspecified atom stereocenters. The third kappa shape index (κ3) is 7.48. The van der Waals surface area contributed by atoms with Crippen molar-refractivity contribution in [3.63, 3.8) is 0 Å². The van der Waals surface area contributed by atoms with Crippen molar-refractivity contribution >= 4 is 34.8 Å². The van der Waals surface area contributed by atoms with E-state index in [-0.39, 0.29) is 58.2 Å². The van der Waals surface area contributed by atoms with Gasteiger partial charge in [-0.25, -0.2) is 0 Å². The summed E-state index contributed by atoms with van der Waals surface area (Å²) in [4.78, 5) is 0.0197. The fourth-order valence-corrected chi connectivity index (χ4v) is 1.05. The largest absolute Gasteiger partial charge is 2.00 e. The monoisotopic (exact) mass is 237 g/mol. The molecule has 0 bridgehead atoms. The van der Waals surface area contributed by atoms with Crippen LogP contribution in [0, 0.1) is 6.07 Å². The molecule has 0 N–H and O–H groups in total. The van der Waals surface area contributed by atoms with Gasteiger partial charge in [-0.05, 0) is 11.8 Å². The van der Waals surface area contributed by atoms with E-state index in [1.54, 1.807) is 0 Å². The minimum Gasteiger partial charge on any atom is -1.00 e. The van der Waals surface area contributed by atoms with E-state index in [9.17, 15) is 13.2 Å². The van der Waals surface area contributed by atoms with Gasteiger partial charge in [-0.1, -0.05) is 4.90 Å². The molecule has 1 aromatic rings. The molecule has 0 aliphatic carbocycles. The Morgan fingerprint density at radius 2 is 2.00 bits per heavy atom. The van der Waals surface area contributed by atoms with Gasteiger partial charge in [0.15, 0.2) is 0 Å². The summed E-state index contributed by atoms with van der Waals surface area (Å²) < 4.78 is 42.3. The number of thioether (sulfide) groups is 1. The van der Waals surface area contributed by atoms with Crippen LogP contribution in [0.25, 0.3) is 0 Å². The number of hydrogen-bond donors (Lipinski definition) is 0. The second kappa shape index (κ2) is 6.81. The zero-order chi connectivity index (χ0) is 9.19.